The average Bonchev–Trinajstić information content (AvgIpc) is 3.11. The summed E-state index contributed by atoms with van der Waals surface area (Å²) in [5.41, 5.74) is 1.29. The summed E-state index contributed by atoms with van der Waals surface area (Å²) in [4.78, 5) is 30.6. The number of nitrogens with zero attached hydrogens (tertiary/aromatic N) is 2. The van der Waals surface area contributed by atoms with E-state index < -0.39 is 27.6 Å². The van der Waals surface area contributed by atoms with Gasteiger partial charge in [0.1, 0.15) is 21.5 Å². The largest absolute Gasteiger partial charge is 0.554 e. The molecule has 7 nitrogen and oxygen atoms in total. The highest BCUT2D eigenvalue weighted by Crippen LogP contribution is 2.48. The molecule has 1 aliphatic heterocycles. The van der Waals surface area contributed by atoms with Crippen molar-refractivity contribution in [1.82, 2.24) is 4.98 Å². The molecule has 0 fully saturated rings. The van der Waals surface area contributed by atoms with Crippen LogP contribution in [-0.4, -0.2) is 21.4 Å². The molecule has 148 valence electrons. The van der Waals surface area contributed by atoms with Crippen LogP contribution in [0, 0.1) is 5.82 Å². The van der Waals surface area contributed by atoms with Gasteiger partial charge in [-0.15, -0.1) is 0 Å². The fourth-order valence-electron chi connectivity index (χ4n) is 3.39. The zero-order chi connectivity index (χ0) is 20.8. The highest BCUT2D eigenvalue weighted by Gasteiger charge is 2.37. The van der Waals surface area contributed by atoms with Crippen molar-refractivity contribution in [2.24, 2.45) is 0 Å². The molecule has 0 radical (unpaired) electrons. The van der Waals surface area contributed by atoms with E-state index in [2.05, 4.69) is 10.3 Å². The number of carboxylic acid groups (broad SMARTS) is 1. The number of anilines is 3. The maximum atomic E-state index is 14.1. The van der Waals surface area contributed by atoms with Gasteiger partial charge in [-0.1, -0.05) is 24.3 Å². The number of rotatable bonds is 4. The van der Waals surface area contributed by atoms with Gasteiger partial charge in [-0.05, 0) is 30.3 Å². The van der Waals surface area contributed by atoms with Gasteiger partial charge in [0.05, 0.1) is 11.4 Å². The highest BCUT2D eigenvalue weighted by atomic mass is 32.2. The number of para-hydroxylation sites is 3. The molecule has 30 heavy (non-hydrogen) atoms. The third-order valence-electron chi connectivity index (χ3n) is 4.64. The molecule has 9 heteroatoms. The minimum absolute atomic E-state index is 0.0235. The van der Waals surface area contributed by atoms with E-state index in [-0.39, 0.29) is 11.5 Å². The van der Waals surface area contributed by atoms with Crippen molar-refractivity contribution >= 4 is 49.1 Å². The summed E-state index contributed by atoms with van der Waals surface area (Å²) in [6.07, 6.45) is 1.47. The van der Waals surface area contributed by atoms with E-state index in [1.807, 2.05) is 0 Å². The molecular weight excluding hydrogens is 409 g/mol. The van der Waals surface area contributed by atoms with Crippen LogP contribution < -0.4 is 15.0 Å². The summed E-state index contributed by atoms with van der Waals surface area (Å²) in [5, 5.41) is 13.3. The van der Waals surface area contributed by atoms with Crippen molar-refractivity contribution in [3.63, 3.8) is 0 Å². The van der Waals surface area contributed by atoms with Gasteiger partial charge < -0.3 is 15.2 Å². The average molecular weight is 422 g/mol. The first-order valence-corrected chi connectivity index (χ1v) is 10.1. The van der Waals surface area contributed by atoms with Gasteiger partial charge in [0, 0.05) is 6.20 Å². The minimum Gasteiger partial charge on any atom is -0.452 e. The predicted octanol–water partition coefficient (Wildman–Crippen LogP) is 6.13. The van der Waals surface area contributed by atoms with Crippen LogP contribution in [0.5, 0.6) is 11.5 Å². The van der Waals surface area contributed by atoms with E-state index in [0.29, 0.717) is 27.3 Å². The smallest absolute Gasteiger partial charge is 0.452 e. The Bertz CT molecular complexity index is 1340. The number of carbonyl (C=O) groups is 2. The second-order valence-electron chi connectivity index (χ2n) is 6.41. The summed E-state index contributed by atoms with van der Waals surface area (Å²) in [6.45, 7) is 0. The van der Waals surface area contributed by atoms with Crippen LogP contribution >= 0.6 is 10.5 Å². The van der Waals surface area contributed by atoms with E-state index >= 15 is 0 Å². The summed E-state index contributed by atoms with van der Waals surface area (Å²) >= 11 is 0. The number of urea groups is 1. The molecule has 2 amide bonds. The van der Waals surface area contributed by atoms with Crippen molar-refractivity contribution in [2.75, 3.05) is 10.2 Å². The monoisotopic (exact) mass is 422 g/mol. The molecular formula is C21H13FN3O4S+. The SMILES string of the molecule is O=C1Nc2c[s+](C(=O)O)c3nccc(c23)N1c1ccccc1Oc1ccccc1F. The molecule has 0 saturated heterocycles. The standard InChI is InChI=1S/C21H12FN3O4S/c22-12-5-1-3-7-16(12)29-17-8-4-2-6-14(17)25-15-9-10-23-19-18(15)13(24-20(25)26)11-30(19)21(27)28/h1-11H,(H-,24,26,27,28)/p+1. The molecule has 5 rings (SSSR count). The summed E-state index contributed by atoms with van der Waals surface area (Å²) in [5.74, 6) is -0.239. The third-order valence-corrected chi connectivity index (χ3v) is 6.22. The van der Waals surface area contributed by atoms with E-state index in [0.717, 1.165) is 0 Å². The number of carbonyl (C=O) groups excluding carboxylic acids is 1. The predicted molar refractivity (Wildman–Crippen MR) is 112 cm³/mol. The molecule has 2 N–H and O–H groups in total. The zero-order valence-electron chi connectivity index (χ0n) is 15.2. The number of hydrogen-bond donors (Lipinski definition) is 2. The molecule has 3 heterocycles. The molecule has 0 saturated carbocycles. The number of halogens is 1. The summed E-state index contributed by atoms with van der Waals surface area (Å²) < 4.78 is 19.9. The molecule has 0 bridgehead atoms. The van der Waals surface area contributed by atoms with E-state index in [4.69, 9.17) is 4.74 Å². The highest BCUT2D eigenvalue weighted by molar-refractivity contribution is 7.54. The van der Waals surface area contributed by atoms with Crippen molar-refractivity contribution < 1.29 is 23.8 Å². The first-order chi connectivity index (χ1) is 14.5. The number of thiophene rings is 1. The first-order valence-electron chi connectivity index (χ1n) is 8.84. The second kappa shape index (κ2) is 6.82. The lowest BCUT2D eigenvalue weighted by Crippen LogP contribution is -2.33. The normalized spacial score (nSPS) is 13.3. The van der Waals surface area contributed by atoms with E-state index in [1.165, 1.54) is 28.6 Å². The van der Waals surface area contributed by atoms with Crippen molar-refractivity contribution in [1.29, 1.82) is 0 Å². The van der Waals surface area contributed by atoms with Crippen LogP contribution in [0.1, 0.15) is 0 Å². The van der Waals surface area contributed by atoms with Gasteiger partial charge in [-0.25, -0.2) is 14.2 Å². The molecule has 2 aromatic carbocycles. The van der Waals surface area contributed by atoms with Crippen LogP contribution in [0.2, 0.25) is 0 Å². The number of ether oxygens (including phenoxy) is 1. The maximum Gasteiger partial charge on any atom is 0.554 e. The summed E-state index contributed by atoms with van der Waals surface area (Å²) in [6, 6.07) is 13.9. The van der Waals surface area contributed by atoms with Crippen LogP contribution in [0.4, 0.5) is 31.0 Å². The minimum atomic E-state index is -1.26. The van der Waals surface area contributed by atoms with Crippen molar-refractivity contribution in [3.8, 4) is 11.5 Å². The Labute approximate surface area is 171 Å². The maximum absolute atomic E-state index is 14.1. The summed E-state index contributed by atoms with van der Waals surface area (Å²) in [7, 11) is -1.26. The van der Waals surface area contributed by atoms with Gasteiger partial charge in [0.2, 0.25) is 0 Å². The quantitative estimate of drug-likeness (QED) is 0.386. The molecule has 2 aromatic heterocycles. The number of benzene rings is 2. The van der Waals surface area contributed by atoms with Crippen molar-refractivity contribution in [2.45, 2.75) is 0 Å². The third kappa shape index (κ3) is 2.75. The zero-order valence-corrected chi connectivity index (χ0v) is 16.0. The Morgan fingerprint density at radius 3 is 2.57 bits per heavy atom. The van der Waals surface area contributed by atoms with E-state index in [9.17, 15) is 19.1 Å². The molecule has 1 atom stereocenters. The van der Waals surface area contributed by atoms with E-state index in [1.54, 1.807) is 42.5 Å². The molecule has 1 unspecified atom stereocenters. The first kappa shape index (κ1) is 18.1. The number of hydrogen-bond acceptors (Lipinski definition) is 4. The van der Waals surface area contributed by atoms with Crippen LogP contribution in [-0.2, 0) is 0 Å². The lowest BCUT2D eigenvalue weighted by molar-refractivity contribution is 0.221. The van der Waals surface area contributed by atoms with Gasteiger partial charge in [-0.2, -0.15) is 4.79 Å². The topological polar surface area (TPSA) is 91.8 Å². The lowest BCUT2D eigenvalue weighted by Gasteiger charge is -2.28. The molecule has 1 aliphatic rings. The van der Waals surface area contributed by atoms with Gasteiger partial charge in [0.25, 0.3) is 4.83 Å². The number of amides is 2. The molecule has 0 aliphatic carbocycles. The fourth-order valence-corrected chi connectivity index (χ4v) is 4.79. The molecule has 0 spiro atoms. The Hall–Kier alpha value is -3.98. The molecule has 4 aromatic rings. The van der Waals surface area contributed by atoms with Gasteiger partial charge >= 0.3 is 11.3 Å². The Morgan fingerprint density at radius 2 is 1.80 bits per heavy atom. The number of nitrogens with one attached hydrogen (secondary N) is 1. The fraction of sp³-hybridized carbons (Fsp3) is 0. The Morgan fingerprint density at radius 1 is 1.07 bits per heavy atom. The Kier molecular flexibility index (Phi) is 4.11. The van der Waals surface area contributed by atoms with Crippen molar-refractivity contribution in [3.05, 3.63) is 72.0 Å². The van der Waals surface area contributed by atoms with Gasteiger partial charge in [-0.3, -0.25) is 4.90 Å². The number of pyridine rings is 1. The van der Waals surface area contributed by atoms with Crippen LogP contribution in [0.25, 0.3) is 10.2 Å². The lowest BCUT2D eigenvalue weighted by atomic mass is 10.1. The van der Waals surface area contributed by atoms with Crippen LogP contribution in [0.15, 0.2) is 66.2 Å². The second-order valence-corrected chi connectivity index (χ2v) is 8.06. The van der Waals surface area contributed by atoms with Crippen LogP contribution in [0.3, 0.4) is 0 Å². The van der Waals surface area contributed by atoms with Gasteiger partial charge in [0.15, 0.2) is 22.7 Å². The Balaban J connectivity index is 1.68. The number of aromatic nitrogens is 1.